The summed E-state index contributed by atoms with van der Waals surface area (Å²) >= 11 is 3.53. The van der Waals surface area contributed by atoms with Gasteiger partial charge in [-0.25, -0.2) is 0 Å². The summed E-state index contributed by atoms with van der Waals surface area (Å²) < 4.78 is 6.76. The number of ether oxygens (including phenoxy) is 1. The molecule has 0 saturated carbocycles. The normalized spacial score (nSPS) is 12.2. The van der Waals surface area contributed by atoms with Crippen LogP contribution < -0.4 is 10.5 Å². The summed E-state index contributed by atoms with van der Waals surface area (Å²) in [5.41, 5.74) is 8.13. The molecule has 1 atom stereocenters. The van der Waals surface area contributed by atoms with E-state index in [0.29, 0.717) is 6.61 Å². The van der Waals surface area contributed by atoms with Crippen LogP contribution in [0.3, 0.4) is 0 Å². The molecule has 0 radical (unpaired) electrons. The summed E-state index contributed by atoms with van der Waals surface area (Å²) in [5, 5.41) is 0. The van der Waals surface area contributed by atoms with Crippen molar-refractivity contribution in [1.82, 2.24) is 0 Å². The third-order valence-corrected chi connectivity index (χ3v) is 3.13. The van der Waals surface area contributed by atoms with Crippen LogP contribution in [0.25, 0.3) is 0 Å². The van der Waals surface area contributed by atoms with Gasteiger partial charge in [0, 0.05) is 16.9 Å². The number of hydrogen-bond acceptors (Lipinski definition) is 2. The van der Waals surface area contributed by atoms with E-state index in [1.54, 1.807) is 0 Å². The SMILES string of the molecule is C=C(C)CCOc1ccc(Br)c(CC(C)N)c1. The van der Waals surface area contributed by atoms with E-state index in [0.717, 1.165) is 28.6 Å². The average molecular weight is 298 g/mol. The minimum absolute atomic E-state index is 0.150. The molecule has 1 rings (SSSR count). The lowest BCUT2D eigenvalue weighted by Crippen LogP contribution is -2.18. The molecule has 0 fully saturated rings. The Kier molecular flexibility index (Phi) is 5.72. The Morgan fingerprint density at radius 3 is 2.82 bits per heavy atom. The van der Waals surface area contributed by atoms with Gasteiger partial charge in [0.1, 0.15) is 5.75 Å². The summed E-state index contributed by atoms with van der Waals surface area (Å²) in [6.07, 6.45) is 1.73. The van der Waals surface area contributed by atoms with Crippen molar-refractivity contribution in [1.29, 1.82) is 0 Å². The van der Waals surface area contributed by atoms with Gasteiger partial charge in [0.25, 0.3) is 0 Å². The van der Waals surface area contributed by atoms with Gasteiger partial charge in [0.15, 0.2) is 0 Å². The molecule has 0 aliphatic heterocycles. The van der Waals surface area contributed by atoms with E-state index in [1.807, 2.05) is 32.0 Å². The van der Waals surface area contributed by atoms with Crippen LogP contribution >= 0.6 is 15.9 Å². The van der Waals surface area contributed by atoms with Gasteiger partial charge in [-0.05, 0) is 44.0 Å². The van der Waals surface area contributed by atoms with E-state index < -0.39 is 0 Å². The fraction of sp³-hybridized carbons (Fsp3) is 0.429. The Hall–Kier alpha value is -0.800. The summed E-state index contributed by atoms with van der Waals surface area (Å²) in [5.74, 6) is 0.894. The number of benzene rings is 1. The summed E-state index contributed by atoms with van der Waals surface area (Å²) in [4.78, 5) is 0. The van der Waals surface area contributed by atoms with Gasteiger partial charge >= 0.3 is 0 Å². The lowest BCUT2D eigenvalue weighted by molar-refractivity contribution is 0.321. The average Bonchev–Trinajstić information content (AvgIpc) is 2.21. The zero-order valence-corrected chi connectivity index (χ0v) is 12.1. The maximum atomic E-state index is 5.81. The molecule has 0 bridgehead atoms. The molecule has 1 aromatic rings. The van der Waals surface area contributed by atoms with Gasteiger partial charge in [-0.3, -0.25) is 0 Å². The standard InChI is InChI=1S/C14H20BrNO/c1-10(2)6-7-17-13-4-5-14(15)12(9-13)8-11(3)16/h4-5,9,11H,1,6-8,16H2,2-3H3. The minimum atomic E-state index is 0.150. The van der Waals surface area contributed by atoms with Crippen molar-refractivity contribution < 1.29 is 4.74 Å². The molecule has 0 spiro atoms. The molecule has 0 aliphatic rings. The highest BCUT2D eigenvalue weighted by Crippen LogP contribution is 2.23. The molecule has 2 nitrogen and oxygen atoms in total. The summed E-state index contributed by atoms with van der Waals surface area (Å²) in [7, 11) is 0. The predicted octanol–water partition coefficient (Wildman–Crippen LogP) is 3.68. The molecule has 1 unspecified atom stereocenters. The number of rotatable bonds is 6. The van der Waals surface area contributed by atoms with Gasteiger partial charge in [-0.15, -0.1) is 6.58 Å². The minimum Gasteiger partial charge on any atom is -0.493 e. The first-order valence-electron chi connectivity index (χ1n) is 5.80. The van der Waals surface area contributed by atoms with E-state index in [4.69, 9.17) is 10.5 Å². The molecule has 3 heteroatoms. The van der Waals surface area contributed by atoms with Crippen molar-refractivity contribution in [2.45, 2.75) is 32.7 Å². The van der Waals surface area contributed by atoms with Crippen LogP contribution in [0.5, 0.6) is 5.75 Å². The van der Waals surface area contributed by atoms with E-state index in [9.17, 15) is 0 Å². The Labute approximate surface area is 112 Å². The molecule has 1 aromatic carbocycles. The second-order valence-electron chi connectivity index (χ2n) is 4.49. The van der Waals surface area contributed by atoms with Crippen molar-refractivity contribution in [3.8, 4) is 5.75 Å². The quantitative estimate of drug-likeness (QED) is 0.813. The number of nitrogens with two attached hydrogens (primary N) is 1. The highest BCUT2D eigenvalue weighted by Gasteiger charge is 2.05. The zero-order chi connectivity index (χ0) is 12.8. The highest BCUT2D eigenvalue weighted by molar-refractivity contribution is 9.10. The van der Waals surface area contributed by atoms with Crippen LogP contribution in [-0.4, -0.2) is 12.6 Å². The summed E-state index contributed by atoms with van der Waals surface area (Å²) in [6, 6.07) is 6.17. The van der Waals surface area contributed by atoms with Crippen molar-refractivity contribution >= 4 is 15.9 Å². The Balaban J connectivity index is 2.64. The van der Waals surface area contributed by atoms with Crippen LogP contribution in [0.4, 0.5) is 0 Å². The Bertz CT molecular complexity index is 388. The van der Waals surface area contributed by atoms with Gasteiger partial charge in [0.2, 0.25) is 0 Å². The first-order valence-corrected chi connectivity index (χ1v) is 6.59. The van der Waals surface area contributed by atoms with Gasteiger partial charge in [0.05, 0.1) is 6.61 Å². The fourth-order valence-electron chi connectivity index (χ4n) is 1.49. The maximum absolute atomic E-state index is 5.81. The van der Waals surface area contributed by atoms with Gasteiger partial charge < -0.3 is 10.5 Å². The van der Waals surface area contributed by atoms with Crippen LogP contribution in [0, 0.1) is 0 Å². The van der Waals surface area contributed by atoms with E-state index in [1.165, 1.54) is 5.56 Å². The van der Waals surface area contributed by atoms with Crippen molar-refractivity contribution in [2.24, 2.45) is 5.73 Å². The Morgan fingerprint density at radius 1 is 1.53 bits per heavy atom. The zero-order valence-electron chi connectivity index (χ0n) is 10.5. The Morgan fingerprint density at radius 2 is 2.24 bits per heavy atom. The molecule has 17 heavy (non-hydrogen) atoms. The highest BCUT2D eigenvalue weighted by atomic mass is 79.9. The van der Waals surface area contributed by atoms with E-state index >= 15 is 0 Å². The number of hydrogen-bond donors (Lipinski definition) is 1. The van der Waals surface area contributed by atoms with Crippen LogP contribution in [0.15, 0.2) is 34.8 Å². The van der Waals surface area contributed by atoms with Crippen LogP contribution in [0.1, 0.15) is 25.8 Å². The third kappa shape index (κ3) is 5.37. The monoisotopic (exact) mass is 297 g/mol. The van der Waals surface area contributed by atoms with E-state index in [-0.39, 0.29) is 6.04 Å². The summed E-state index contributed by atoms with van der Waals surface area (Å²) in [6.45, 7) is 8.54. The molecular weight excluding hydrogens is 278 g/mol. The second kappa shape index (κ2) is 6.82. The third-order valence-electron chi connectivity index (χ3n) is 2.36. The molecule has 0 aromatic heterocycles. The fourth-order valence-corrected chi connectivity index (χ4v) is 1.90. The van der Waals surface area contributed by atoms with Crippen molar-refractivity contribution in [2.75, 3.05) is 6.61 Å². The first kappa shape index (κ1) is 14.3. The molecule has 2 N–H and O–H groups in total. The molecular formula is C14H20BrNO. The maximum Gasteiger partial charge on any atom is 0.119 e. The second-order valence-corrected chi connectivity index (χ2v) is 5.34. The predicted molar refractivity (Wildman–Crippen MR) is 76.4 cm³/mol. The number of halogens is 1. The first-order chi connectivity index (χ1) is 7.99. The lowest BCUT2D eigenvalue weighted by atomic mass is 10.1. The van der Waals surface area contributed by atoms with Crippen molar-refractivity contribution in [3.63, 3.8) is 0 Å². The molecule has 0 saturated heterocycles. The smallest absolute Gasteiger partial charge is 0.119 e. The lowest BCUT2D eigenvalue weighted by Gasteiger charge is -2.11. The molecule has 0 aliphatic carbocycles. The van der Waals surface area contributed by atoms with Crippen LogP contribution in [-0.2, 0) is 6.42 Å². The van der Waals surface area contributed by atoms with Crippen LogP contribution in [0.2, 0.25) is 0 Å². The molecule has 0 amide bonds. The van der Waals surface area contributed by atoms with Gasteiger partial charge in [-0.1, -0.05) is 21.5 Å². The topological polar surface area (TPSA) is 35.2 Å². The molecule has 0 heterocycles. The van der Waals surface area contributed by atoms with E-state index in [2.05, 4.69) is 22.5 Å². The molecule has 94 valence electrons. The largest absolute Gasteiger partial charge is 0.493 e. The van der Waals surface area contributed by atoms with Crippen molar-refractivity contribution in [3.05, 3.63) is 40.4 Å². The van der Waals surface area contributed by atoms with Gasteiger partial charge in [-0.2, -0.15) is 0 Å².